The number of nitrogen functional groups attached to an aromatic ring is 1. The lowest BCUT2D eigenvalue weighted by atomic mass is 10.1. The van der Waals surface area contributed by atoms with Gasteiger partial charge in [0.25, 0.3) is 0 Å². The minimum absolute atomic E-state index is 0.00543. The van der Waals surface area contributed by atoms with Crippen LogP contribution < -0.4 is 10.6 Å². The maximum Gasteiger partial charge on any atom is 0.177 e. The van der Waals surface area contributed by atoms with Crippen molar-refractivity contribution in [2.24, 2.45) is 5.92 Å². The van der Waals surface area contributed by atoms with E-state index in [0.29, 0.717) is 22.6 Å². The van der Waals surface area contributed by atoms with E-state index in [1.807, 2.05) is 19.9 Å². The predicted molar refractivity (Wildman–Crippen MR) is 86.8 cm³/mol. The highest BCUT2D eigenvalue weighted by atomic mass is 32.1. The molecule has 2 unspecified atom stereocenters. The number of ketones is 1. The SMILES string of the molecule is CC(C)C(=O)c1sc(N2CC(C)N(C)C(C)C2)cc1N. The average Bonchev–Trinajstić information content (AvgIpc) is 2.76. The van der Waals surface area contributed by atoms with Crippen LogP contribution in [-0.4, -0.2) is 42.9 Å². The number of rotatable bonds is 3. The zero-order valence-corrected chi connectivity index (χ0v) is 13.8. The topological polar surface area (TPSA) is 49.6 Å². The maximum atomic E-state index is 12.1. The van der Waals surface area contributed by atoms with Gasteiger partial charge in [-0.1, -0.05) is 13.8 Å². The summed E-state index contributed by atoms with van der Waals surface area (Å²) in [5.74, 6) is 0.142. The molecule has 1 saturated heterocycles. The molecule has 0 aromatic carbocycles. The van der Waals surface area contributed by atoms with Crippen molar-refractivity contribution in [2.75, 3.05) is 30.8 Å². The van der Waals surface area contributed by atoms with Crippen molar-refractivity contribution < 1.29 is 4.79 Å². The molecule has 2 atom stereocenters. The zero-order valence-electron chi connectivity index (χ0n) is 13.0. The first-order valence-corrected chi connectivity index (χ1v) is 8.03. The van der Waals surface area contributed by atoms with Crippen LogP contribution in [0.25, 0.3) is 0 Å². The monoisotopic (exact) mass is 295 g/mol. The summed E-state index contributed by atoms with van der Waals surface area (Å²) in [6.07, 6.45) is 0. The minimum atomic E-state index is -0.00543. The smallest absolute Gasteiger partial charge is 0.177 e. The van der Waals surface area contributed by atoms with Crippen LogP contribution in [-0.2, 0) is 0 Å². The number of likely N-dealkylation sites (N-methyl/N-ethyl adjacent to an activating group) is 1. The third-order valence-corrected chi connectivity index (χ3v) is 5.39. The number of carbonyl (C=O) groups is 1. The van der Waals surface area contributed by atoms with Gasteiger partial charge in [-0.2, -0.15) is 0 Å². The van der Waals surface area contributed by atoms with Gasteiger partial charge < -0.3 is 10.6 Å². The van der Waals surface area contributed by atoms with Crippen molar-refractivity contribution >= 4 is 27.8 Å². The first-order chi connectivity index (χ1) is 9.31. The number of Topliss-reactive ketones (excluding diaryl/α,β-unsaturated/α-hetero) is 1. The molecule has 1 aromatic heterocycles. The van der Waals surface area contributed by atoms with E-state index in [0.717, 1.165) is 18.1 Å². The normalized spacial score (nSPS) is 24.4. The number of carbonyl (C=O) groups excluding carboxylic acids is 1. The average molecular weight is 295 g/mol. The summed E-state index contributed by atoms with van der Waals surface area (Å²) in [7, 11) is 2.17. The van der Waals surface area contributed by atoms with Gasteiger partial charge in [0.05, 0.1) is 15.6 Å². The molecule has 4 nitrogen and oxygen atoms in total. The van der Waals surface area contributed by atoms with Gasteiger partial charge in [0, 0.05) is 31.1 Å². The van der Waals surface area contributed by atoms with E-state index >= 15 is 0 Å². The molecule has 1 aliphatic rings. The van der Waals surface area contributed by atoms with Gasteiger partial charge in [-0.05, 0) is 27.0 Å². The van der Waals surface area contributed by atoms with Crippen molar-refractivity contribution in [1.82, 2.24) is 4.90 Å². The summed E-state index contributed by atoms with van der Waals surface area (Å²) in [4.78, 5) is 17.6. The van der Waals surface area contributed by atoms with E-state index in [1.54, 1.807) is 11.3 Å². The van der Waals surface area contributed by atoms with Crippen LogP contribution in [0.3, 0.4) is 0 Å². The fourth-order valence-corrected chi connectivity index (χ4v) is 3.77. The molecule has 2 heterocycles. The molecule has 1 aliphatic heterocycles. The van der Waals surface area contributed by atoms with Crippen LogP contribution in [0.4, 0.5) is 10.7 Å². The van der Waals surface area contributed by atoms with Crippen molar-refractivity contribution in [3.05, 3.63) is 10.9 Å². The molecule has 0 aliphatic carbocycles. The van der Waals surface area contributed by atoms with Crippen molar-refractivity contribution in [3.8, 4) is 0 Å². The van der Waals surface area contributed by atoms with Crippen molar-refractivity contribution in [3.63, 3.8) is 0 Å². The molecule has 1 aromatic rings. The number of hydrogen-bond donors (Lipinski definition) is 1. The number of nitrogens with zero attached hydrogens (tertiary/aromatic N) is 2. The van der Waals surface area contributed by atoms with Gasteiger partial charge in [-0.3, -0.25) is 9.69 Å². The Balaban J connectivity index is 2.22. The highest BCUT2D eigenvalue weighted by Crippen LogP contribution is 2.35. The molecule has 0 amide bonds. The van der Waals surface area contributed by atoms with Gasteiger partial charge in [0.2, 0.25) is 0 Å². The van der Waals surface area contributed by atoms with Crippen LogP contribution in [0.1, 0.15) is 37.4 Å². The largest absolute Gasteiger partial charge is 0.397 e. The lowest BCUT2D eigenvalue weighted by molar-refractivity contribution is 0.0944. The molecule has 2 rings (SSSR count). The van der Waals surface area contributed by atoms with Crippen molar-refractivity contribution in [2.45, 2.75) is 39.8 Å². The summed E-state index contributed by atoms with van der Waals surface area (Å²) in [6.45, 7) is 10.3. The summed E-state index contributed by atoms with van der Waals surface area (Å²) in [5, 5.41) is 1.12. The van der Waals surface area contributed by atoms with Gasteiger partial charge in [0.15, 0.2) is 5.78 Å². The number of nitrogens with two attached hydrogens (primary N) is 1. The summed E-state index contributed by atoms with van der Waals surface area (Å²) < 4.78 is 0. The third kappa shape index (κ3) is 2.83. The Morgan fingerprint density at radius 1 is 1.35 bits per heavy atom. The Hall–Kier alpha value is -1.07. The highest BCUT2D eigenvalue weighted by molar-refractivity contribution is 7.18. The van der Waals surface area contributed by atoms with Crippen LogP contribution >= 0.6 is 11.3 Å². The highest BCUT2D eigenvalue weighted by Gasteiger charge is 2.28. The lowest BCUT2D eigenvalue weighted by Crippen LogP contribution is -2.54. The fourth-order valence-electron chi connectivity index (χ4n) is 2.59. The molecule has 0 spiro atoms. The molecule has 0 bridgehead atoms. The van der Waals surface area contributed by atoms with E-state index in [1.165, 1.54) is 0 Å². The third-order valence-electron chi connectivity index (χ3n) is 4.17. The Kier molecular flexibility index (Phi) is 4.39. The zero-order chi connectivity index (χ0) is 15.0. The van der Waals surface area contributed by atoms with E-state index in [4.69, 9.17) is 5.73 Å². The summed E-state index contributed by atoms with van der Waals surface area (Å²) >= 11 is 1.54. The lowest BCUT2D eigenvalue weighted by Gasteiger charge is -2.42. The second-order valence-corrected chi connectivity index (χ2v) is 7.19. The fraction of sp³-hybridized carbons (Fsp3) is 0.667. The number of piperazine rings is 1. The number of thiophene rings is 1. The van der Waals surface area contributed by atoms with Gasteiger partial charge in [-0.15, -0.1) is 11.3 Å². The molecule has 1 fully saturated rings. The minimum Gasteiger partial charge on any atom is -0.397 e. The Morgan fingerprint density at radius 3 is 2.40 bits per heavy atom. The van der Waals surface area contributed by atoms with Crippen LogP contribution in [0.2, 0.25) is 0 Å². The first-order valence-electron chi connectivity index (χ1n) is 7.21. The predicted octanol–water partition coefficient (Wildman–Crippen LogP) is 2.70. The quantitative estimate of drug-likeness (QED) is 0.871. The summed E-state index contributed by atoms with van der Waals surface area (Å²) in [6, 6.07) is 2.98. The van der Waals surface area contributed by atoms with E-state index < -0.39 is 0 Å². The van der Waals surface area contributed by atoms with Crippen LogP contribution in [0, 0.1) is 5.92 Å². The molecule has 0 saturated carbocycles. The van der Waals surface area contributed by atoms with E-state index in [2.05, 4.69) is 30.7 Å². The Morgan fingerprint density at radius 2 is 1.90 bits per heavy atom. The van der Waals surface area contributed by atoms with E-state index in [9.17, 15) is 4.79 Å². The van der Waals surface area contributed by atoms with Gasteiger partial charge in [0.1, 0.15) is 0 Å². The van der Waals surface area contributed by atoms with Gasteiger partial charge >= 0.3 is 0 Å². The van der Waals surface area contributed by atoms with Crippen LogP contribution in [0.15, 0.2) is 6.07 Å². The summed E-state index contributed by atoms with van der Waals surface area (Å²) in [5.41, 5.74) is 6.66. The molecule has 112 valence electrons. The standard InChI is InChI=1S/C15H25N3OS/c1-9(2)14(19)15-12(16)6-13(20-15)18-7-10(3)17(5)11(4)8-18/h6,9-11H,7-8,16H2,1-5H3. The second-order valence-electron chi connectivity index (χ2n) is 6.16. The molecule has 2 N–H and O–H groups in total. The van der Waals surface area contributed by atoms with Crippen molar-refractivity contribution in [1.29, 1.82) is 0 Å². The Bertz CT molecular complexity index is 485. The van der Waals surface area contributed by atoms with Crippen LogP contribution in [0.5, 0.6) is 0 Å². The number of hydrogen-bond acceptors (Lipinski definition) is 5. The maximum absolute atomic E-state index is 12.1. The molecule has 0 radical (unpaired) electrons. The van der Waals surface area contributed by atoms with Gasteiger partial charge in [-0.25, -0.2) is 0 Å². The first kappa shape index (κ1) is 15.3. The van der Waals surface area contributed by atoms with E-state index in [-0.39, 0.29) is 11.7 Å². The molecule has 5 heteroatoms. The second kappa shape index (κ2) is 5.74. The number of anilines is 2. The molecular weight excluding hydrogens is 270 g/mol. The molecular formula is C15H25N3OS. The Labute approximate surface area is 125 Å². The molecule has 20 heavy (non-hydrogen) atoms.